The lowest BCUT2D eigenvalue weighted by Crippen LogP contribution is -1.98. The maximum atomic E-state index is 13.1. The average molecular weight is 263 g/mol. The van der Waals surface area contributed by atoms with Gasteiger partial charge in [0.25, 0.3) is 0 Å². The molecule has 1 unspecified atom stereocenters. The van der Waals surface area contributed by atoms with Gasteiger partial charge >= 0.3 is 0 Å². The molecule has 0 heterocycles. The molecule has 0 bridgehead atoms. The molecule has 0 N–H and O–H groups in total. The van der Waals surface area contributed by atoms with Crippen LogP contribution < -0.4 is 9.47 Å². The van der Waals surface area contributed by atoms with E-state index in [2.05, 4.69) is 15.9 Å². The SMILES string of the molecule is COc1cc(F)cc(OC)c1C(C)Br. The van der Waals surface area contributed by atoms with Crippen molar-refractivity contribution in [3.05, 3.63) is 23.5 Å². The molecule has 0 fully saturated rings. The van der Waals surface area contributed by atoms with Gasteiger partial charge in [-0.05, 0) is 6.92 Å². The molecular weight excluding hydrogens is 251 g/mol. The summed E-state index contributed by atoms with van der Waals surface area (Å²) in [6, 6.07) is 2.69. The van der Waals surface area contributed by atoms with Crippen molar-refractivity contribution in [2.45, 2.75) is 11.8 Å². The number of rotatable bonds is 3. The Bertz CT molecular complexity index is 301. The highest BCUT2D eigenvalue weighted by molar-refractivity contribution is 9.09. The van der Waals surface area contributed by atoms with Gasteiger partial charge in [0.2, 0.25) is 0 Å². The summed E-state index contributed by atoms with van der Waals surface area (Å²) in [6.45, 7) is 1.93. The quantitative estimate of drug-likeness (QED) is 0.779. The highest BCUT2D eigenvalue weighted by Crippen LogP contribution is 2.38. The zero-order valence-electron chi connectivity index (χ0n) is 8.30. The van der Waals surface area contributed by atoms with E-state index in [9.17, 15) is 4.39 Å². The molecule has 1 aromatic rings. The lowest BCUT2D eigenvalue weighted by atomic mass is 10.1. The van der Waals surface area contributed by atoms with Crippen molar-refractivity contribution >= 4 is 15.9 Å². The second kappa shape index (κ2) is 4.64. The highest BCUT2D eigenvalue weighted by Gasteiger charge is 2.16. The molecule has 0 aliphatic carbocycles. The molecule has 1 rings (SSSR count). The molecule has 0 amide bonds. The standard InChI is InChI=1S/C10H12BrFO2/c1-6(11)10-8(13-2)4-7(12)5-9(10)14-3/h4-6H,1-3H3. The first-order valence-electron chi connectivity index (χ1n) is 4.15. The first-order chi connectivity index (χ1) is 6.60. The van der Waals surface area contributed by atoms with Crippen LogP contribution in [0.5, 0.6) is 11.5 Å². The van der Waals surface area contributed by atoms with Gasteiger partial charge in [-0.25, -0.2) is 4.39 Å². The summed E-state index contributed by atoms with van der Waals surface area (Å²) in [4.78, 5) is 0.0491. The van der Waals surface area contributed by atoms with Crippen LogP contribution in [0.3, 0.4) is 0 Å². The van der Waals surface area contributed by atoms with Crippen LogP contribution in [0.2, 0.25) is 0 Å². The Kier molecular flexibility index (Phi) is 3.75. The molecule has 1 aromatic carbocycles. The maximum absolute atomic E-state index is 13.1. The predicted octanol–water partition coefficient (Wildman–Crippen LogP) is 3.30. The maximum Gasteiger partial charge on any atom is 0.130 e. The predicted molar refractivity (Wildman–Crippen MR) is 56.8 cm³/mol. The van der Waals surface area contributed by atoms with E-state index in [4.69, 9.17) is 9.47 Å². The third-order valence-corrected chi connectivity index (χ3v) is 2.36. The number of benzene rings is 1. The van der Waals surface area contributed by atoms with Crippen LogP contribution in [0.1, 0.15) is 17.3 Å². The minimum Gasteiger partial charge on any atom is -0.496 e. The minimum absolute atomic E-state index is 0.0491. The topological polar surface area (TPSA) is 18.5 Å². The van der Waals surface area contributed by atoms with Gasteiger partial charge in [-0.15, -0.1) is 0 Å². The van der Waals surface area contributed by atoms with Crippen LogP contribution in [-0.2, 0) is 0 Å². The fraction of sp³-hybridized carbons (Fsp3) is 0.400. The lowest BCUT2D eigenvalue weighted by molar-refractivity contribution is 0.380. The van der Waals surface area contributed by atoms with Crippen LogP contribution in [0, 0.1) is 5.82 Å². The number of halogens is 2. The van der Waals surface area contributed by atoms with Crippen LogP contribution in [0.4, 0.5) is 4.39 Å². The molecular formula is C10H12BrFO2. The van der Waals surface area contributed by atoms with E-state index in [1.165, 1.54) is 26.4 Å². The highest BCUT2D eigenvalue weighted by atomic mass is 79.9. The molecule has 0 aliphatic rings. The number of hydrogen-bond donors (Lipinski definition) is 0. The summed E-state index contributed by atoms with van der Waals surface area (Å²) in [5.41, 5.74) is 0.816. The Morgan fingerprint density at radius 3 is 1.93 bits per heavy atom. The van der Waals surface area contributed by atoms with E-state index in [1.54, 1.807) is 0 Å². The molecule has 0 saturated heterocycles. The van der Waals surface area contributed by atoms with Gasteiger partial charge in [-0.2, -0.15) is 0 Å². The van der Waals surface area contributed by atoms with E-state index < -0.39 is 0 Å². The van der Waals surface area contributed by atoms with E-state index in [-0.39, 0.29) is 10.6 Å². The van der Waals surface area contributed by atoms with Gasteiger partial charge in [-0.3, -0.25) is 0 Å². The Morgan fingerprint density at radius 2 is 1.64 bits per heavy atom. The second-order valence-corrected chi connectivity index (χ2v) is 4.21. The number of hydrogen-bond acceptors (Lipinski definition) is 2. The van der Waals surface area contributed by atoms with Gasteiger partial charge in [0, 0.05) is 22.5 Å². The van der Waals surface area contributed by atoms with Crippen molar-refractivity contribution in [1.82, 2.24) is 0 Å². The van der Waals surface area contributed by atoms with Crippen molar-refractivity contribution in [3.8, 4) is 11.5 Å². The fourth-order valence-corrected chi connectivity index (χ4v) is 1.75. The third-order valence-electron chi connectivity index (χ3n) is 1.91. The smallest absolute Gasteiger partial charge is 0.130 e. The summed E-state index contributed by atoms with van der Waals surface area (Å²) in [6.07, 6.45) is 0. The minimum atomic E-state index is -0.365. The van der Waals surface area contributed by atoms with E-state index in [0.717, 1.165) is 5.56 Å². The van der Waals surface area contributed by atoms with Crippen molar-refractivity contribution in [1.29, 1.82) is 0 Å². The normalized spacial score (nSPS) is 12.4. The Labute approximate surface area is 91.2 Å². The summed E-state index contributed by atoms with van der Waals surface area (Å²) < 4.78 is 23.2. The molecule has 0 radical (unpaired) electrons. The van der Waals surface area contributed by atoms with Gasteiger partial charge in [0.1, 0.15) is 17.3 Å². The summed E-state index contributed by atoms with van der Waals surface area (Å²) in [7, 11) is 3.01. The van der Waals surface area contributed by atoms with E-state index in [0.29, 0.717) is 11.5 Å². The largest absolute Gasteiger partial charge is 0.496 e. The number of alkyl halides is 1. The second-order valence-electron chi connectivity index (χ2n) is 2.84. The molecule has 1 atom stereocenters. The average Bonchev–Trinajstić information content (AvgIpc) is 2.15. The molecule has 0 saturated carbocycles. The van der Waals surface area contributed by atoms with Crippen molar-refractivity contribution in [2.24, 2.45) is 0 Å². The molecule has 0 spiro atoms. The third kappa shape index (κ3) is 2.18. The number of ether oxygens (including phenoxy) is 2. The first-order valence-corrected chi connectivity index (χ1v) is 5.07. The Balaban J connectivity index is 3.33. The van der Waals surface area contributed by atoms with Crippen LogP contribution in [-0.4, -0.2) is 14.2 Å². The zero-order valence-corrected chi connectivity index (χ0v) is 9.89. The van der Waals surface area contributed by atoms with Gasteiger partial charge < -0.3 is 9.47 Å². The molecule has 2 nitrogen and oxygen atoms in total. The monoisotopic (exact) mass is 262 g/mol. The summed E-state index contributed by atoms with van der Waals surface area (Å²) in [5.74, 6) is 0.619. The van der Waals surface area contributed by atoms with Crippen LogP contribution in [0.15, 0.2) is 12.1 Å². The molecule has 4 heteroatoms. The molecule has 0 aromatic heterocycles. The van der Waals surface area contributed by atoms with Gasteiger partial charge in [-0.1, -0.05) is 15.9 Å². The van der Waals surface area contributed by atoms with Gasteiger partial charge in [0.05, 0.1) is 14.2 Å². The van der Waals surface area contributed by atoms with Crippen LogP contribution in [0.25, 0.3) is 0 Å². The molecule has 14 heavy (non-hydrogen) atoms. The Morgan fingerprint density at radius 1 is 1.21 bits per heavy atom. The summed E-state index contributed by atoms with van der Waals surface area (Å²) in [5, 5.41) is 0. The Hall–Kier alpha value is -0.770. The zero-order chi connectivity index (χ0) is 10.7. The van der Waals surface area contributed by atoms with E-state index in [1.807, 2.05) is 6.92 Å². The fourth-order valence-electron chi connectivity index (χ4n) is 1.30. The molecule has 0 aliphatic heterocycles. The number of methoxy groups -OCH3 is 2. The van der Waals surface area contributed by atoms with Crippen molar-refractivity contribution in [3.63, 3.8) is 0 Å². The first kappa shape index (κ1) is 11.3. The molecule has 78 valence electrons. The van der Waals surface area contributed by atoms with E-state index >= 15 is 0 Å². The van der Waals surface area contributed by atoms with Gasteiger partial charge in [0.15, 0.2) is 0 Å². The van der Waals surface area contributed by atoms with Crippen molar-refractivity contribution in [2.75, 3.05) is 14.2 Å². The summed E-state index contributed by atoms with van der Waals surface area (Å²) >= 11 is 3.41. The van der Waals surface area contributed by atoms with Crippen molar-refractivity contribution < 1.29 is 13.9 Å². The lowest BCUT2D eigenvalue weighted by Gasteiger charge is -2.14. The van der Waals surface area contributed by atoms with Crippen LogP contribution >= 0.6 is 15.9 Å².